The molecule has 3 rings (SSSR count). The van der Waals surface area contributed by atoms with Gasteiger partial charge in [-0.15, -0.1) is 0 Å². The lowest BCUT2D eigenvalue weighted by atomic mass is 10.1. The molecule has 0 spiro atoms. The van der Waals surface area contributed by atoms with Crippen molar-refractivity contribution in [2.24, 2.45) is 0 Å². The molecule has 1 N–H and O–H groups in total. The van der Waals surface area contributed by atoms with Crippen molar-refractivity contribution in [2.45, 2.75) is 13.3 Å². The van der Waals surface area contributed by atoms with E-state index in [9.17, 15) is 4.79 Å². The number of aromatic nitrogens is 2. The second kappa shape index (κ2) is 6.26. The van der Waals surface area contributed by atoms with E-state index >= 15 is 0 Å². The Morgan fingerprint density at radius 3 is 2.68 bits per heavy atom. The Kier molecular flexibility index (Phi) is 4.01. The molecule has 0 saturated carbocycles. The normalized spacial score (nSPS) is 10.4. The SMILES string of the molecule is Cc1ccccc1CC(=O)Nc1ccccc1-n1ccnc1. The van der Waals surface area contributed by atoms with Crippen molar-refractivity contribution in [3.8, 4) is 5.69 Å². The van der Waals surface area contributed by atoms with E-state index in [1.807, 2.05) is 66.2 Å². The summed E-state index contributed by atoms with van der Waals surface area (Å²) in [5.74, 6) is -0.0261. The fourth-order valence-corrected chi connectivity index (χ4v) is 2.38. The molecule has 3 aromatic rings. The summed E-state index contributed by atoms with van der Waals surface area (Å²) in [6.07, 6.45) is 5.65. The van der Waals surface area contributed by atoms with Crippen LogP contribution in [0.3, 0.4) is 0 Å². The Labute approximate surface area is 129 Å². The number of carbonyl (C=O) groups is 1. The van der Waals surface area contributed by atoms with Crippen LogP contribution in [0.1, 0.15) is 11.1 Å². The van der Waals surface area contributed by atoms with E-state index in [1.165, 1.54) is 0 Å². The van der Waals surface area contributed by atoms with Crippen molar-refractivity contribution in [1.29, 1.82) is 0 Å². The second-order valence-corrected chi connectivity index (χ2v) is 5.14. The number of nitrogens with one attached hydrogen (secondary N) is 1. The molecule has 2 aromatic carbocycles. The number of benzene rings is 2. The molecule has 110 valence electrons. The molecule has 0 aliphatic heterocycles. The summed E-state index contributed by atoms with van der Waals surface area (Å²) < 4.78 is 1.88. The number of hydrogen-bond acceptors (Lipinski definition) is 2. The summed E-state index contributed by atoms with van der Waals surface area (Å²) in [5, 5.41) is 2.99. The van der Waals surface area contributed by atoms with Gasteiger partial charge in [0.25, 0.3) is 0 Å². The van der Waals surface area contributed by atoms with Gasteiger partial charge in [0, 0.05) is 12.4 Å². The molecule has 4 nitrogen and oxygen atoms in total. The van der Waals surface area contributed by atoms with E-state index in [2.05, 4.69) is 10.3 Å². The van der Waals surface area contributed by atoms with Gasteiger partial charge in [0.15, 0.2) is 0 Å². The third kappa shape index (κ3) is 3.06. The summed E-state index contributed by atoms with van der Waals surface area (Å²) in [4.78, 5) is 16.4. The summed E-state index contributed by atoms with van der Waals surface area (Å²) in [5.41, 5.74) is 3.85. The van der Waals surface area contributed by atoms with Gasteiger partial charge in [-0.2, -0.15) is 0 Å². The third-order valence-electron chi connectivity index (χ3n) is 3.57. The Balaban J connectivity index is 1.79. The molecule has 0 unspecified atom stereocenters. The summed E-state index contributed by atoms with van der Waals surface area (Å²) in [7, 11) is 0. The fraction of sp³-hybridized carbons (Fsp3) is 0.111. The molecular weight excluding hydrogens is 274 g/mol. The highest BCUT2D eigenvalue weighted by molar-refractivity contribution is 5.94. The highest BCUT2D eigenvalue weighted by Crippen LogP contribution is 2.20. The quantitative estimate of drug-likeness (QED) is 0.801. The van der Waals surface area contributed by atoms with Gasteiger partial charge >= 0.3 is 0 Å². The van der Waals surface area contributed by atoms with Crippen molar-refractivity contribution in [1.82, 2.24) is 9.55 Å². The monoisotopic (exact) mass is 291 g/mol. The smallest absolute Gasteiger partial charge is 0.228 e. The van der Waals surface area contributed by atoms with E-state index < -0.39 is 0 Å². The molecule has 4 heteroatoms. The minimum Gasteiger partial charge on any atom is -0.324 e. The number of para-hydroxylation sites is 2. The molecule has 22 heavy (non-hydrogen) atoms. The van der Waals surface area contributed by atoms with Gasteiger partial charge in [0.05, 0.1) is 24.1 Å². The fourth-order valence-electron chi connectivity index (χ4n) is 2.38. The number of anilines is 1. The van der Waals surface area contributed by atoms with Crippen molar-refractivity contribution < 1.29 is 4.79 Å². The highest BCUT2D eigenvalue weighted by atomic mass is 16.1. The standard InChI is InChI=1S/C18H17N3O/c1-14-6-2-3-7-15(14)12-18(22)20-16-8-4-5-9-17(16)21-11-10-19-13-21/h2-11,13H,12H2,1H3,(H,20,22). The Bertz CT molecular complexity index is 779. The predicted octanol–water partition coefficient (Wildman–Crippen LogP) is 3.36. The lowest BCUT2D eigenvalue weighted by Crippen LogP contribution is -2.16. The molecule has 0 radical (unpaired) electrons. The molecule has 1 heterocycles. The Morgan fingerprint density at radius 1 is 1.14 bits per heavy atom. The molecular formula is C18H17N3O. The lowest BCUT2D eigenvalue weighted by Gasteiger charge is -2.12. The molecule has 0 aliphatic carbocycles. The molecule has 1 amide bonds. The number of carbonyl (C=O) groups excluding carboxylic acids is 1. The number of aryl methyl sites for hydroxylation is 1. The van der Waals surface area contributed by atoms with Crippen LogP contribution in [0.5, 0.6) is 0 Å². The van der Waals surface area contributed by atoms with Gasteiger partial charge in [0.2, 0.25) is 5.91 Å². The van der Waals surface area contributed by atoms with Gasteiger partial charge in [-0.1, -0.05) is 36.4 Å². The van der Waals surface area contributed by atoms with Gasteiger partial charge in [0.1, 0.15) is 0 Å². The van der Waals surface area contributed by atoms with E-state index in [0.29, 0.717) is 6.42 Å². The summed E-state index contributed by atoms with van der Waals surface area (Å²) in [6, 6.07) is 15.6. The number of amides is 1. The maximum atomic E-state index is 12.3. The van der Waals surface area contributed by atoms with E-state index in [-0.39, 0.29) is 5.91 Å². The molecule has 0 saturated heterocycles. The average molecular weight is 291 g/mol. The lowest BCUT2D eigenvalue weighted by molar-refractivity contribution is -0.115. The zero-order valence-electron chi connectivity index (χ0n) is 12.4. The van der Waals surface area contributed by atoms with Crippen LogP contribution in [0, 0.1) is 6.92 Å². The van der Waals surface area contributed by atoms with Crippen molar-refractivity contribution in [3.05, 3.63) is 78.4 Å². The maximum Gasteiger partial charge on any atom is 0.228 e. The van der Waals surface area contributed by atoms with Crippen molar-refractivity contribution in [3.63, 3.8) is 0 Å². The number of hydrogen-bond donors (Lipinski definition) is 1. The van der Waals surface area contributed by atoms with Crippen LogP contribution >= 0.6 is 0 Å². The minimum atomic E-state index is -0.0261. The van der Waals surface area contributed by atoms with E-state index in [1.54, 1.807) is 12.5 Å². The summed E-state index contributed by atoms with van der Waals surface area (Å²) in [6.45, 7) is 2.02. The van der Waals surface area contributed by atoms with Crippen LogP contribution in [0.2, 0.25) is 0 Å². The number of rotatable bonds is 4. The van der Waals surface area contributed by atoms with Crippen molar-refractivity contribution >= 4 is 11.6 Å². The molecule has 0 bridgehead atoms. The Hall–Kier alpha value is -2.88. The first-order chi connectivity index (χ1) is 10.7. The van der Waals surface area contributed by atoms with Crippen LogP contribution in [0.4, 0.5) is 5.69 Å². The van der Waals surface area contributed by atoms with Gasteiger partial charge in [-0.3, -0.25) is 4.79 Å². The van der Waals surface area contributed by atoms with Crippen LogP contribution < -0.4 is 5.32 Å². The molecule has 0 aliphatic rings. The van der Waals surface area contributed by atoms with Crippen LogP contribution in [-0.4, -0.2) is 15.5 Å². The molecule has 1 aromatic heterocycles. The first-order valence-electron chi connectivity index (χ1n) is 7.16. The Morgan fingerprint density at radius 2 is 1.91 bits per heavy atom. The van der Waals surface area contributed by atoms with Crippen LogP contribution in [-0.2, 0) is 11.2 Å². The zero-order valence-corrected chi connectivity index (χ0v) is 12.4. The molecule has 0 atom stereocenters. The predicted molar refractivity (Wildman–Crippen MR) is 87.1 cm³/mol. The topological polar surface area (TPSA) is 46.9 Å². The van der Waals surface area contributed by atoms with Gasteiger partial charge < -0.3 is 9.88 Å². The largest absolute Gasteiger partial charge is 0.324 e. The minimum absolute atomic E-state index is 0.0261. The van der Waals surface area contributed by atoms with E-state index in [0.717, 1.165) is 22.5 Å². The number of imidazole rings is 1. The van der Waals surface area contributed by atoms with Gasteiger partial charge in [-0.25, -0.2) is 4.98 Å². The first-order valence-corrected chi connectivity index (χ1v) is 7.16. The third-order valence-corrected chi connectivity index (χ3v) is 3.57. The van der Waals surface area contributed by atoms with Crippen LogP contribution in [0.25, 0.3) is 5.69 Å². The first kappa shape index (κ1) is 14.1. The second-order valence-electron chi connectivity index (χ2n) is 5.14. The average Bonchev–Trinajstić information content (AvgIpc) is 3.04. The molecule has 0 fully saturated rings. The maximum absolute atomic E-state index is 12.3. The van der Waals surface area contributed by atoms with Crippen LogP contribution in [0.15, 0.2) is 67.3 Å². The highest BCUT2D eigenvalue weighted by Gasteiger charge is 2.09. The zero-order chi connectivity index (χ0) is 15.4. The van der Waals surface area contributed by atoms with Gasteiger partial charge in [-0.05, 0) is 30.2 Å². The van der Waals surface area contributed by atoms with E-state index in [4.69, 9.17) is 0 Å². The summed E-state index contributed by atoms with van der Waals surface area (Å²) >= 11 is 0. The number of nitrogens with zero attached hydrogens (tertiary/aromatic N) is 2. The van der Waals surface area contributed by atoms with Crippen molar-refractivity contribution in [2.75, 3.05) is 5.32 Å².